The molecule has 0 radical (unpaired) electrons. The number of furan rings is 1. The zero-order valence-corrected chi connectivity index (χ0v) is 25.5. The number of fused-ring (bicyclic) bond motifs is 1. The van der Waals surface area contributed by atoms with Crippen LogP contribution >= 0.6 is 0 Å². The molecule has 0 saturated heterocycles. The molecule has 1 N–H and O–H groups in total. The highest BCUT2D eigenvalue weighted by Crippen LogP contribution is 2.33. The predicted octanol–water partition coefficient (Wildman–Crippen LogP) is 9.27. The minimum atomic E-state index is -1.06. The largest absolute Gasteiger partial charge is 0.452 e. The number of Topliss-reactive ketones (excluding diaryl/α,β-unsaturated/α-hetero) is 1. The van der Waals surface area contributed by atoms with Crippen LogP contribution in [0, 0.1) is 5.92 Å². The number of unbranched alkanes of at least 4 members (excludes halogenated alkanes) is 1. The monoisotopic (exact) mass is 533 g/mol. The van der Waals surface area contributed by atoms with Gasteiger partial charge in [0.25, 0.3) is 0 Å². The molecule has 0 aliphatic heterocycles. The molecule has 0 spiro atoms. The molecule has 0 fully saturated rings. The number of hydrogen-bond donors (Lipinski definition) is 1. The average Bonchev–Trinajstić information content (AvgIpc) is 3.39. The van der Waals surface area contributed by atoms with E-state index >= 15 is 0 Å². The van der Waals surface area contributed by atoms with Crippen molar-refractivity contribution in [1.82, 2.24) is 15.0 Å². The van der Waals surface area contributed by atoms with Gasteiger partial charge in [-0.25, -0.2) is 9.97 Å². The molecule has 0 amide bonds. The fourth-order valence-electron chi connectivity index (χ4n) is 2.98. The van der Waals surface area contributed by atoms with E-state index in [2.05, 4.69) is 49.6 Å². The lowest BCUT2D eigenvalue weighted by atomic mass is 10.0. The first-order valence-electron chi connectivity index (χ1n) is 14.1. The molecule has 212 valence electrons. The van der Waals surface area contributed by atoms with Crippen LogP contribution in [0.2, 0.25) is 0 Å². The van der Waals surface area contributed by atoms with Gasteiger partial charge >= 0.3 is 0 Å². The maximum Gasteiger partial charge on any atom is 0.179 e. The Morgan fingerprint density at radius 1 is 0.923 bits per heavy atom. The SMILES string of the molecule is CC.CC(=O)c1ccc(-c2cc3ncnc(-c4ccnc(C(C)(C)O)c4)c3o2)cc1.CCC(C)C.CCCC. The van der Waals surface area contributed by atoms with Gasteiger partial charge in [0, 0.05) is 29.0 Å². The van der Waals surface area contributed by atoms with Crippen molar-refractivity contribution < 1.29 is 14.3 Å². The molecule has 0 bridgehead atoms. The van der Waals surface area contributed by atoms with Crippen LogP contribution in [0.5, 0.6) is 0 Å². The zero-order valence-electron chi connectivity index (χ0n) is 25.5. The molecule has 0 saturated carbocycles. The Bertz CT molecular complexity index is 1270. The maximum absolute atomic E-state index is 11.5. The standard InChI is InChI=1S/C22H19N3O3.C5H12.C4H10.C2H6/c1-13(26)14-4-6-15(7-5-14)18-11-17-21(28-18)20(25-12-24-17)16-8-9-23-19(10-16)22(2,3)27;1-4-5(2)3;1-3-4-2;1-2/h4-12,27H,1-3H3;5H,4H2,1-3H3;3-4H2,1-2H3;1-2H3. The predicted molar refractivity (Wildman–Crippen MR) is 163 cm³/mol. The fourth-order valence-corrected chi connectivity index (χ4v) is 2.98. The normalized spacial score (nSPS) is 10.6. The molecule has 1 aromatic carbocycles. The van der Waals surface area contributed by atoms with Gasteiger partial charge in [0.05, 0.1) is 5.69 Å². The molecule has 3 heterocycles. The quantitative estimate of drug-likeness (QED) is 0.248. The number of pyridine rings is 1. The third-order valence-corrected chi connectivity index (χ3v) is 5.86. The van der Waals surface area contributed by atoms with Crippen LogP contribution in [-0.4, -0.2) is 25.8 Å². The van der Waals surface area contributed by atoms with Crippen molar-refractivity contribution >= 4 is 16.9 Å². The number of hydrogen-bond acceptors (Lipinski definition) is 6. The van der Waals surface area contributed by atoms with E-state index in [0.717, 1.165) is 17.0 Å². The lowest BCUT2D eigenvalue weighted by Crippen LogP contribution is -2.17. The lowest BCUT2D eigenvalue weighted by Gasteiger charge is -2.16. The number of aromatic nitrogens is 3. The highest BCUT2D eigenvalue weighted by molar-refractivity contribution is 5.95. The summed E-state index contributed by atoms with van der Waals surface area (Å²) >= 11 is 0. The van der Waals surface area contributed by atoms with E-state index in [4.69, 9.17) is 4.42 Å². The topological polar surface area (TPSA) is 89.1 Å². The summed E-state index contributed by atoms with van der Waals surface area (Å²) in [6.07, 6.45) is 7.07. The minimum Gasteiger partial charge on any atom is -0.452 e. The number of nitrogens with zero attached hydrogens (tertiary/aromatic N) is 3. The van der Waals surface area contributed by atoms with Crippen molar-refractivity contribution in [3.8, 4) is 22.6 Å². The Morgan fingerprint density at radius 2 is 1.51 bits per heavy atom. The van der Waals surface area contributed by atoms with Crippen molar-refractivity contribution in [1.29, 1.82) is 0 Å². The van der Waals surface area contributed by atoms with E-state index in [1.165, 1.54) is 32.5 Å². The molecule has 39 heavy (non-hydrogen) atoms. The van der Waals surface area contributed by atoms with Crippen molar-refractivity contribution in [2.75, 3.05) is 0 Å². The number of carbonyl (C=O) groups excluding carboxylic acids is 1. The molecule has 6 nitrogen and oxygen atoms in total. The second-order valence-corrected chi connectivity index (χ2v) is 9.97. The van der Waals surface area contributed by atoms with Gasteiger partial charge in [-0.2, -0.15) is 0 Å². The molecule has 4 aromatic rings. The van der Waals surface area contributed by atoms with E-state index < -0.39 is 5.60 Å². The van der Waals surface area contributed by atoms with E-state index in [0.29, 0.717) is 33.8 Å². The van der Waals surface area contributed by atoms with Gasteiger partial charge in [0.1, 0.15) is 28.9 Å². The van der Waals surface area contributed by atoms with Gasteiger partial charge in [0.15, 0.2) is 11.4 Å². The Labute approximate surface area is 234 Å². The summed E-state index contributed by atoms with van der Waals surface area (Å²) < 4.78 is 6.07. The lowest BCUT2D eigenvalue weighted by molar-refractivity contribution is 0.0739. The molecule has 0 aliphatic carbocycles. The molecular formula is C33H47N3O3. The van der Waals surface area contributed by atoms with Crippen LogP contribution in [0.25, 0.3) is 33.7 Å². The summed E-state index contributed by atoms with van der Waals surface area (Å²) in [7, 11) is 0. The summed E-state index contributed by atoms with van der Waals surface area (Å²) in [5.41, 5.74) is 3.63. The third kappa shape index (κ3) is 10.4. The molecule has 0 atom stereocenters. The zero-order chi connectivity index (χ0) is 29.6. The van der Waals surface area contributed by atoms with Crippen LogP contribution in [0.15, 0.2) is 59.4 Å². The van der Waals surface area contributed by atoms with Crippen LogP contribution < -0.4 is 0 Å². The first kappa shape index (κ1) is 33.6. The Morgan fingerprint density at radius 3 is 2.00 bits per heavy atom. The van der Waals surface area contributed by atoms with Gasteiger partial charge in [-0.1, -0.05) is 92.0 Å². The second-order valence-electron chi connectivity index (χ2n) is 9.97. The Hall–Kier alpha value is -3.38. The average molecular weight is 534 g/mol. The number of ketones is 1. The molecular weight excluding hydrogens is 486 g/mol. The van der Waals surface area contributed by atoms with Crippen LogP contribution in [0.3, 0.4) is 0 Å². The minimum absolute atomic E-state index is 0.0182. The number of rotatable bonds is 6. The molecule has 6 heteroatoms. The van der Waals surface area contributed by atoms with E-state index in [1.54, 1.807) is 38.2 Å². The van der Waals surface area contributed by atoms with Crippen LogP contribution in [0.4, 0.5) is 0 Å². The van der Waals surface area contributed by atoms with Gasteiger partial charge in [-0.15, -0.1) is 0 Å². The van der Waals surface area contributed by atoms with Crippen molar-refractivity contribution in [3.63, 3.8) is 0 Å². The molecule has 0 unspecified atom stereocenters. The number of aliphatic hydroxyl groups is 1. The van der Waals surface area contributed by atoms with Crippen LogP contribution in [0.1, 0.15) is 105 Å². The van der Waals surface area contributed by atoms with Gasteiger partial charge in [-0.05, 0) is 38.8 Å². The number of benzene rings is 1. The van der Waals surface area contributed by atoms with Crippen molar-refractivity contribution in [2.24, 2.45) is 5.92 Å². The first-order valence-corrected chi connectivity index (χ1v) is 14.1. The fraction of sp³-hybridized carbons (Fsp3) is 0.455. The summed E-state index contributed by atoms with van der Waals surface area (Å²) in [6.45, 7) is 19.9. The van der Waals surface area contributed by atoms with Crippen molar-refractivity contribution in [2.45, 2.75) is 94.1 Å². The number of carbonyl (C=O) groups is 1. The second kappa shape index (κ2) is 16.6. The van der Waals surface area contributed by atoms with Crippen molar-refractivity contribution in [3.05, 3.63) is 66.2 Å². The highest BCUT2D eigenvalue weighted by Gasteiger charge is 2.20. The Balaban J connectivity index is 0.000000594. The molecule has 3 aromatic heterocycles. The summed E-state index contributed by atoms with van der Waals surface area (Å²) in [4.78, 5) is 24.4. The molecule has 4 rings (SSSR count). The molecule has 0 aliphatic rings. The summed E-state index contributed by atoms with van der Waals surface area (Å²) in [6, 6.07) is 12.7. The maximum atomic E-state index is 11.5. The van der Waals surface area contributed by atoms with E-state index in [-0.39, 0.29) is 5.78 Å². The van der Waals surface area contributed by atoms with Gasteiger partial charge in [0.2, 0.25) is 0 Å². The first-order chi connectivity index (χ1) is 18.5. The van der Waals surface area contributed by atoms with E-state index in [9.17, 15) is 9.90 Å². The third-order valence-electron chi connectivity index (χ3n) is 5.86. The summed E-state index contributed by atoms with van der Waals surface area (Å²) in [5, 5.41) is 10.2. The smallest absolute Gasteiger partial charge is 0.179 e. The summed E-state index contributed by atoms with van der Waals surface area (Å²) in [5.74, 6) is 1.54. The highest BCUT2D eigenvalue weighted by atomic mass is 16.3. The van der Waals surface area contributed by atoms with Crippen LogP contribution in [-0.2, 0) is 5.60 Å². The van der Waals surface area contributed by atoms with Gasteiger partial charge < -0.3 is 9.52 Å². The van der Waals surface area contributed by atoms with Gasteiger partial charge in [-0.3, -0.25) is 9.78 Å². The Kier molecular flexibility index (Phi) is 14.3. The van der Waals surface area contributed by atoms with E-state index in [1.807, 2.05) is 38.1 Å².